The Bertz CT molecular complexity index is 716. The number of hydrogen-bond acceptors (Lipinski definition) is 4. The Morgan fingerprint density at radius 1 is 1.35 bits per heavy atom. The first-order valence-electron chi connectivity index (χ1n) is 9.59. The summed E-state index contributed by atoms with van der Waals surface area (Å²) in [7, 11) is 0. The molecule has 1 saturated heterocycles. The zero-order valence-corrected chi connectivity index (χ0v) is 15.0. The SMILES string of the molecule is O=C1CCc2cc(OCCCC(=O)N3CCC(O)(C4CC4)C3)ccc2N1. The number of carbonyl (C=O) groups excluding carboxylic acids is 2. The van der Waals surface area contributed by atoms with Crippen molar-refractivity contribution in [3.63, 3.8) is 0 Å². The van der Waals surface area contributed by atoms with Crippen LogP contribution in [0.5, 0.6) is 5.75 Å². The van der Waals surface area contributed by atoms with Gasteiger partial charge in [-0.2, -0.15) is 0 Å². The van der Waals surface area contributed by atoms with Crippen LogP contribution in [0.1, 0.15) is 44.1 Å². The summed E-state index contributed by atoms with van der Waals surface area (Å²) in [5.41, 5.74) is 1.32. The second kappa shape index (κ2) is 6.91. The van der Waals surface area contributed by atoms with E-state index in [4.69, 9.17) is 4.74 Å². The van der Waals surface area contributed by atoms with Crippen LogP contribution in [-0.4, -0.2) is 47.1 Å². The van der Waals surface area contributed by atoms with E-state index < -0.39 is 5.60 Å². The molecular formula is C20H26N2O4. The first kappa shape index (κ1) is 17.3. The minimum Gasteiger partial charge on any atom is -0.494 e. The van der Waals surface area contributed by atoms with Gasteiger partial charge in [0, 0.05) is 31.6 Å². The van der Waals surface area contributed by atoms with Gasteiger partial charge in [-0.15, -0.1) is 0 Å². The highest BCUT2D eigenvalue weighted by molar-refractivity contribution is 5.94. The maximum atomic E-state index is 12.3. The number of likely N-dealkylation sites (tertiary alicyclic amines) is 1. The molecule has 0 radical (unpaired) electrons. The zero-order chi connectivity index (χ0) is 18.1. The lowest BCUT2D eigenvalue weighted by Gasteiger charge is -2.23. The Kier molecular flexibility index (Phi) is 4.61. The van der Waals surface area contributed by atoms with E-state index in [-0.39, 0.29) is 11.8 Å². The minimum atomic E-state index is -0.634. The van der Waals surface area contributed by atoms with Crippen molar-refractivity contribution in [3.8, 4) is 5.75 Å². The summed E-state index contributed by atoms with van der Waals surface area (Å²) in [5, 5.41) is 13.4. The molecule has 2 N–H and O–H groups in total. The van der Waals surface area contributed by atoms with Crippen LogP contribution >= 0.6 is 0 Å². The quantitative estimate of drug-likeness (QED) is 0.764. The molecule has 1 atom stereocenters. The van der Waals surface area contributed by atoms with Gasteiger partial charge >= 0.3 is 0 Å². The van der Waals surface area contributed by atoms with Crippen molar-refractivity contribution in [1.29, 1.82) is 0 Å². The van der Waals surface area contributed by atoms with Crippen LogP contribution in [0.15, 0.2) is 18.2 Å². The fourth-order valence-corrected chi connectivity index (χ4v) is 4.01. The summed E-state index contributed by atoms with van der Waals surface area (Å²) in [6, 6.07) is 5.69. The van der Waals surface area contributed by atoms with Gasteiger partial charge in [-0.25, -0.2) is 0 Å². The van der Waals surface area contributed by atoms with E-state index in [0.717, 1.165) is 36.3 Å². The molecule has 0 bridgehead atoms. The molecule has 4 rings (SSSR count). The third kappa shape index (κ3) is 3.70. The van der Waals surface area contributed by atoms with Crippen LogP contribution in [0.2, 0.25) is 0 Å². The van der Waals surface area contributed by atoms with Crippen LogP contribution < -0.4 is 10.1 Å². The molecule has 2 amide bonds. The minimum absolute atomic E-state index is 0.0557. The third-order valence-corrected chi connectivity index (χ3v) is 5.75. The number of aliphatic hydroxyl groups is 1. The van der Waals surface area contributed by atoms with Gasteiger partial charge in [0.15, 0.2) is 0 Å². The fraction of sp³-hybridized carbons (Fsp3) is 0.600. The van der Waals surface area contributed by atoms with Gasteiger partial charge in [0.2, 0.25) is 11.8 Å². The number of benzene rings is 1. The number of fused-ring (bicyclic) bond motifs is 1. The first-order chi connectivity index (χ1) is 12.5. The largest absolute Gasteiger partial charge is 0.494 e. The lowest BCUT2D eigenvalue weighted by atomic mass is 9.97. The molecule has 140 valence electrons. The van der Waals surface area contributed by atoms with Crippen molar-refractivity contribution >= 4 is 17.5 Å². The van der Waals surface area contributed by atoms with Crippen LogP contribution in [0, 0.1) is 5.92 Å². The Morgan fingerprint density at radius 2 is 2.19 bits per heavy atom. The highest BCUT2D eigenvalue weighted by Gasteiger charge is 2.48. The van der Waals surface area contributed by atoms with Gasteiger partial charge in [0.05, 0.1) is 12.2 Å². The van der Waals surface area contributed by atoms with Gasteiger partial charge in [-0.3, -0.25) is 9.59 Å². The van der Waals surface area contributed by atoms with Crippen LogP contribution in [-0.2, 0) is 16.0 Å². The van der Waals surface area contributed by atoms with Crippen LogP contribution in [0.25, 0.3) is 0 Å². The molecule has 1 unspecified atom stereocenters. The highest BCUT2D eigenvalue weighted by atomic mass is 16.5. The summed E-state index contributed by atoms with van der Waals surface area (Å²) < 4.78 is 5.77. The van der Waals surface area contributed by atoms with E-state index in [1.54, 1.807) is 4.90 Å². The van der Waals surface area contributed by atoms with E-state index in [1.807, 2.05) is 18.2 Å². The number of rotatable bonds is 6. The van der Waals surface area contributed by atoms with Crippen LogP contribution in [0.3, 0.4) is 0 Å². The molecular weight excluding hydrogens is 332 g/mol. The van der Waals surface area contributed by atoms with E-state index in [9.17, 15) is 14.7 Å². The van der Waals surface area contributed by atoms with Gasteiger partial charge in [0.25, 0.3) is 0 Å². The van der Waals surface area contributed by atoms with Crippen molar-refractivity contribution < 1.29 is 19.4 Å². The summed E-state index contributed by atoms with van der Waals surface area (Å²) in [6.07, 6.45) is 5.25. The molecule has 1 saturated carbocycles. The number of aryl methyl sites for hydroxylation is 1. The third-order valence-electron chi connectivity index (χ3n) is 5.75. The van der Waals surface area contributed by atoms with E-state index in [0.29, 0.717) is 51.3 Å². The molecule has 6 heteroatoms. The molecule has 0 spiro atoms. The van der Waals surface area contributed by atoms with Gasteiger partial charge in [-0.1, -0.05) is 0 Å². The fourth-order valence-electron chi connectivity index (χ4n) is 4.01. The Balaban J connectivity index is 1.21. The monoisotopic (exact) mass is 358 g/mol. The summed E-state index contributed by atoms with van der Waals surface area (Å²) in [5.74, 6) is 1.34. The molecule has 26 heavy (non-hydrogen) atoms. The average molecular weight is 358 g/mol. The topological polar surface area (TPSA) is 78.9 Å². The molecule has 1 aliphatic carbocycles. The van der Waals surface area contributed by atoms with Gasteiger partial charge < -0.3 is 20.1 Å². The second-order valence-electron chi connectivity index (χ2n) is 7.76. The lowest BCUT2D eigenvalue weighted by Crippen LogP contribution is -2.37. The van der Waals surface area contributed by atoms with Gasteiger partial charge in [0.1, 0.15) is 5.75 Å². The molecule has 2 aliphatic heterocycles. The molecule has 2 fully saturated rings. The molecule has 1 aromatic rings. The Hall–Kier alpha value is -2.08. The Labute approximate surface area is 153 Å². The number of ether oxygens (including phenoxy) is 1. The number of anilines is 1. The van der Waals surface area contributed by atoms with Crippen molar-refractivity contribution in [2.75, 3.05) is 25.0 Å². The summed E-state index contributed by atoms with van der Waals surface area (Å²) in [4.78, 5) is 25.5. The molecule has 6 nitrogen and oxygen atoms in total. The number of hydrogen-bond donors (Lipinski definition) is 2. The number of nitrogens with zero attached hydrogens (tertiary/aromatic N) is 1. The maximum Gasteiger partial charge on any atom is 0.224 e. The standard InChI is InChI=1S/C20H26N2O4/c23-18-8-3-14-12-16(6-7-17(14)21-18)26-11-1-2-19(24)22-10-9-20(25,13-22)15-4-5-15/h6-7,12,15,25H,1-5,8-11,13H2,(H,21,23). The van der Waals surface area contributed by atoms with Crippen LogP contribution in [0.4, 0.5) is 5.69 Å². The normalized spacial score (nSPS) is 25.0. The molecule has 0 aromatic heterocycles. The average Bonchev–Trinajstić information content (AvgIpc) is 3.42. The highest BCUT2D eigenvalue weighted by Crippen LogP contribution is 2.44. The predicted molar refractivity (Wildman–Crippen MR) is 97.0 cm³/mol. The first-order valence-corrected chi connectivity index (χ1v) is 9.59. The smallest absolute Gasteiger partial charge is 0.224 e. The molecule has 2 heterocycles. The number of β-amino-alcohol motifs (C(OH)–C–C–N with tert-alkyl or cyclic N) is 1. The van der Waals surface area contributed by atoms with Crippen molar-refractivity contribution in [2.45, 2.75) is 50.5 Å². The van der Waals surface area contributed by atoms with Crippen molar-refractivity contribution in [3.05, 3.63) is 23.8 Å². The second-order valence-corrected chi connectivity index (χ2v) is 7.76. The molecule has 3 aliphatic rings. The maximum absolute atomic E-state index is 12.3. The van der Waals surface area contributed by atoms with Gasteiger partial charge in [-0.05, 0) is 61.8 Å². The Morgan fingerprint density at radius 3 is 3.00 bits per heavy atom. The van der Waals surface area contributed by atoms with E-state index in [1.165, 1.54) is 0 Å². The number of nitrogens with one attached hydrogen (secondary N) is 1. The van der Waals surface area contributed by atoms with Crippen molar-refractivity contribution in [2.24, 2.45) is 5.92 Å². The summed E-state index contributed by atoms with van der Waals surface area (Å²) >= 11 is 0. The lowest BCUT2D eigenvalue weighted by molar-refractivity contribution is -0.131. The van der Waals surface area contributed by atoms with E-state index in [2.05, 4.69) is 5.32 Å². The zero-order valence-electron chi connectivity index (χ0n) is 15.0. The summed E-state index contributed by atoms with van der Waals surface area (Å²) in [6.45, 7) is 1.65. The molecule has 1 aromatic carbocycles. The van der Waals surface area contributed by atoms with Crippen molar-refractivity contribution in [1.82, 2.24) is 4.90 Å². The number of amides is 2. The van der Waals surface area contributed by atoms with E-state index >= 15 is 0 Å². The predicted octanol–water partition coefficient (Wildman–Crippen LogP) is 2.10. The number of carbonyl (C=O) groups is 2.